The Morgan fingerprint density at radius 1 is 1.04 bits per heavy atom. The first kappa shape index (κ1) is 20.8. The van der Waals surface area contributed by atoms with Gasteiger partial charge in [-0.1, -0.05) is 24.2 Å². The molecule has 0 radical (unpaired) electrons. The minimum atomic E-state index is -3.59. The highest BCUT2D eigenvalue weighted by atomic mass is 32.2. The minimum Gasteiger partial charge on any atom is -0.322 e. The lowest BCUT2D eigenvalue weighted by molar-refractivity contribution is 0.102. The van der Waals surface area contributed by atoms with Gasteiger partial charge in [-0.25, -0.2) is 8.42 Å². The number of anilines is 1. The number of carbonyl (C=O) groups is 1. The number of alkyl halides is 2. The molecule has 0 atom stereocenters. The molecule has 1 fully saturated rings. The Kier molecular flexibility index (Phi) is 6.69. The van der Waals surface area contributed by atoms with E-state index < -0.39 is 21.7 Å². The zero-order valence-corrected chi connectivity index (χ0v) is 16.6. The van der Waals surface area contributed by atoms with Crippen LogP contribution in [0, 0.1) is 0 Å². The number of carbonyl (C=O) groups excluding carboxylic acids is 1. The van der Waals surface area contributed by atoms with Gasteiger partial charge in [-0.2, -0.15) is 13.1 Å². The third kappa shape index (κ3) is 5.09. The Morgan fingerprint density at radius 2 is 1.71 bits per heavy atom. The van der Waals surface area contributed by atoms with E-state index in [1.54, 1.807) is 12.1 Å². The predicted molar refractivity (Wildman–Crippen MR) is 105 cm³/mol. The molecule has 28 heavy (non-hydrogen) atoms. The maximum atomic E-state index is 12.8. The summed E-state index contributed by atoms with van der Waals surface area (Å²) in [6, 6.07) is 11.9. The van der Waals surface area contributed by atoms with Gasteiger partial charge in [0.15, 0.2) is 0 Å². The molecule has 1 saturated heterocycles. The summed E-state index contributed by atoms with van der Waals surface area (Å²) in [6.07, 6.45) is 2.71. The number of sulfonamides is 1. The monoisotopic (exact) mass is 426 g/mol. The van der Waals surface area contributed by atoms with Gasteiger partial charge < -0.3 is 5.32 Å². The number of nitrogens with one attached hydrogen (secondary N) is 1. The van der Waals surface area contributed by atoms with E-state index in [9.17, 15) is 22.0 Å². The summed E-state index contributed by atoms with van der Waals surface area (Å²) in [7, 11) is -3.59. The molecule has 1 aliphatic heterocycles. The first-order chi connectivity index (χ1) is 13.4. The van der Waals surface area contributed by atoms with E-state index in [1.165, 1.54) is 40.7 Å². The molecule has 3 rings (SSSR count). The Hall–Kier alpha value is -1.97. The third-order valence-corrected chi connectivity index (χ3v) is 7.00. The molecule has 2 aromatic rings. The van der Waals surface area contributed by atoms with Gasteiger partial charge in [-0.15, -0.1) is 0 Å². The van der Waals surface area contributed by atoms with Crippen LogP contribution in [0.15, 0.2) is 58.3 Å². The number of rotatable bonds is 6. The van der Waals surface area contributed by atoms with Crippen LogP contribution in [0.4, 0.5) is 14.5 Å². The second kappa shape index (κ2) is 9.02. The molecule has 0 saturated carbocycles. The number of piperidine rings is 1. The van der Waals surface area contributed by atoms with Crippen molar-refractivity contribution in [2.24, 2.45) is 0 Å². The zero-order valence-electron chi connectivity index (χ0n) is 15.0. The molecule has 1 amide bonds. The summed E-state index contributed by atoms with van der Waals surface area (Å²) < 4.78 is 51.7. The summed E-state index contributed by atoms with van der Waals surface area (Å²) in [6.45, 7) is 1.00. The Bertz CT molecular complexity index is 928. The number of hydrogen-bond acceptors (Lipinski definition) is 4. The van der Waals surface area contributed by atoms with Gasteiger partial charge in [-0.05, 0) is 55.3 Å². The van der Waals surface area contributed by atoms with Crippen LogP contribution in [0.5, 0.6) is 0 Å². The molecule has 2 aromatic carbocycles. The van der Waals surface area contributed by atoms with Crippen LogP contribution < -0.4 is 5.32 Å². The summed E-state index contributed by atoms with van der Waals surface area (Å²) in [4.78, 5) is 12.9. The van der Waals surface area contributed by atoms with Crippen LogP contribution in [0.1, 0.15) is 29.6 Å². The molecule has 0 spiro atoms. The molecule has 0 bridgehead atoms. The van der Waals surface area contributed by atoms with Crippen LogP contribution in [-0.2, 0) is 10.0 Å². The number of thioether (sulfide) groups is 1. The minimum absolute atomic E-state index is 0.135. The van der Waals surface area contributed by atoms with Crippen LogP contribution in [-0.4, -0.2) is 37.5 Å². The first-order valence-electron chi connectivity index (χ1n) is 8.83. The lowest BCUT2D eigenvalue weighted by Crippen LogP contribution is -2.35. The molecule has 5 nitrogen and oxygen atoms in total. The van der Waals surface area contributed by atoms with Crippen molar-refractivity contribution in [1.82, 2.24) is 4.31 Å². The molecule has 9 heteroatoms. The first-order valence-corrected chi connectivity index (χ1v) is 11.1. The van der Waals surface area contributed by atoms with Crippen molar-refractivity contribution in [1.29, 1.82) is 0 Å². The zero-order chi connectivity index (χ0) is 20.1. The van der Waals surface area contributed by atoms with Gasteiger partial charge in [0, 0.05) is 29.2 Å². The number of hydrogen-bond donors (Lipinski definition) is 1. The molecule has 1 N–H and O–H groups in total. The summed E-state index contributed by atoms with van der Waals surface area (Å²) in [5.41, 5.74) is 0.650. The van der Waals surface area contributed by atoms with E-state index in [0.717, 1.165) is 19.3 Å². The highest BCUT2D eigenvalue weighted by molar-refractivity contribution is 7.99. The standard InChI is InChI=1S/C19H20F2N2O3S2/c20-19(21)27-16-9-7-14(8-10-16)18(24)22-15-5-4-6-17(13-15)28(25,26)23-11-2-1-3-12-23/h4-10,13,19H,1-3,11-12H2,(H,22,24). The van der Waals surface area contributed by atoms with Crippen molar-refractivity contribution in [2.75, 3.05) is 18.4 Å². The normalized spacial score (nSPS) is 15.5. The maximum absolute atomic E-state index is 12.8. The van der Waals surface area contributed by atoms with Crippen LogP contribution in [0.25, 0.3) is 0 Å². The molecular formula is C19H20F2N2O3S2. The van der Waals surface area contributed by atoms with E-state index in [0.29, 0.717) is 41.0 Å². The number of nitrogens with zero attached hydrogens (tertiary/aromatic N) is 1. The number of halogens is 2. The van der Waals surface area contributed by atoms with Gasteiger partial charge in [0.05, 0.1) is 4.90 Å². The smallest absolute Gasteiger partial charge is 0.288 e. The lowest BCUT2D eigenvalue weighted by atomic mass is 10.2. The molecule has 150 valence electrons. The molecule has 1 heterocycles. The maximum Gasteiger partial charge on any atom is 0.288 e. The van der Waals surface area contributed by atoms with E-state index in [2.05, 4.69) is 5.32 Å². The largest absolute Gasteiger partial charge is 0.322 e. The van der Waals surface area contributed by atoms with Crippen molar-refractivity contribution in [2.45, 2.75) is 34.8 Å². The highest BCUT2D eigenvalue weighted by Crippen LogP contribution is 2.26. The Morgan fingerprint density at radius 3 is 2.36 bits per heavy atom. The SMILES string of the molecule is O=C(Nc1cccc(S(=O)(=O)N2CCCCC2)c1)c1ccc(SC(F)F)cc1. The third-order valence-electron chi connectivity index (χ3n) is 4.39. The molecular weight excluding hydrogens is 406 g/mol. The van der Waals surface area contributed by atoms with Gasteiger partial charge in [0.25, 0.3) is 11.7 Å². The van der Waals surface area contributed by atoms with Gasteiger partial charge in [0.1, 0.15) is 0 Å². The predicted octanol–water partition coefficient (Wildman–Crippen LogP) is 4.43. The fourth-order valence-electron chi connectivity index (χ4n) is 2.98. The summed E-state index contributed by atoms with van der Waals surface area (Å²) in [5, 5.41) is 2.66. The second-order valence-corrected chi connectivity index (χ2v) is 9.35. The van der Waals surface area contributed by atoms with Gasteiger partial charge in [-0.3, -0.25) is 4.79 Å². The Balaban J connectivity index is 1.72. The fraction of sp³-hybridized carbons (Fsp3) is 0.316. The molecule has 0 aliphatic carbocycles. The number of amides is 1. The van der Waals surface area contributed by atoms with E-state index in [1.807, 2.05) is 0 Å². The molecule has 1 aliphatic rings. The average molecular weight is 427 g/mol. The average Bonchev–Trinajstić information content (AvgIpc) is 2.69. The van der Waals surface area contributed by atoms with Crippen molar-refractivity contribution in [3.05, 3.63) is 54.1 Å². The van der Waals surface area contributed by atoms with Crippen LogP contribution in [0.2, 0.25) is 0 Å². The topological polar surface area (TPSA) is 66.5 Å². The Labute approximate surface area is 167 Å². The van der Waals surface area contributed by atoms with Crippen LogP contribution >= 0.6 is 11.8 Å². The fourth-order valence-corrected chi connectivity index (χ4v) is 5.04. The summed E-state index contributed by atoms with van der Waals surface area (Å²) in [5.74, 6) is -2.97. The number of benzene rings is 2. The van der Waals surface area contributed by atoms with Crippen molar-refractivity contribution < 1.29 is 22.0 Å². The highest BCUT2D eigenvalue weighted by Gasteiger charge is 2.26. The quantitative estimate of drug-likeness (QED) is 0.694. The van der Waals surface area contributed by atoms with Crippen molar-refractivity contribution in [3.63, 3.8) is 0 Å². The summed E-state index contributed by atoms with van der Waals surface area (Å²) >= 11 is 0.405. The molecule has 0 aromatic heterocycles. The van der Waals surface area contributed by atoms with Gasteiger partial charge in [0.2, 0.25) is 10.0 Å². The van der Waals surface area contributed by atoms with Crippen molar-refractivity contribution >= 4 is 33.4 Å². The second-order valence-electron chi connectivity index (χ2n) is 6.35. The van der Waals surface area contributed by atoms with Crippen LogP contribution in [0.3, 0.4) is 0 Å². The van der Waals surface area contributed by atoms with Crippen molar-refractivity contribution in [3.8, 4) is 0 Å². The van der Waals surface area contributed by atoms with Gasteiger partial charge >= 0.3 is 0 Å². The van der Waals surface area contributed by atoms with E-state index >= 15 is 0 Å². The lowest BCUT2D eigenvalue weighted by Gasteiger charge is -2.26. The van der Waals surface area contributed by atoms with E-state index in [-0.39, 0.29) is 4.90 Å². The molecule has 0 unspecified atom stereocenters. The van der Waals surface area contributed by atoms with E-state index in [4.69, 9.17) is 0 Å².